The Labute approximate surface area is 162 Å². The van der Waals surface area contributed by atoms with Crippen LogP contribution >= 0.6 is 22.7 Å². The Bertz CT molecular complexity index is 822. The summed E-state index contributed by atoms with van der Waals surface area (Å²) in [7, 11) is -3.36. The van der Waals surface area contributed by atoms with Crippen molar-refractivity contribution in [3.8, 4) is 0 Å². The van der Waals surface area contributed by atoms with E-state index in [2.05, 4.69) is 21.8 Å². The number of aliphatic imine (C=N–C) groups is 1. The van der Waals surface area contributed by atoms with Crippen LogP contribution in [-0.4, -0.2) is 38.3 Å². The Balaban J connectivity index is 1.52. The Morgan fingerprint density at radius 3 is 2.73 bits per heavy atom. The normalized spacial score (nSPS) is 16.7. The molecule has 9 heteroatoms. The second kappa shape index (κ2) is 8.98. The van der Waals surface area contributed by atoms with E-state index >= 15 is 0 Å². The molecular weight excluding hydrogens is 388 g/mol. The third-order valence-corrected chi connectivity index (χ3v) is 8.58. The molecule has 142 valence electrons. The summed E-state index contributed by atoms with van der Waals surface area (Å²) in [6.07, 6.45) is 3.89. The Hall–Kier alpha value is -1.42. The SMILES string of the molecule is NC(=NCc1ccc(S(=O)(=O)N2CCCCC2)s1)NCCc1cccs1. The molecular formula is C17H24N4O2S3. The maximum absolute atomic E-state index is 12.7. The fraction of sp³-hybridized carbons (Fsp3) is 0.471. The molecule has 0 atom stereocenters. The van der Waals surface area contributed by atoms with Crippen LogP contribution in [0.1, 0.15) is 29.0 Å². The summed E-state index contributed by atoms with van der Waals surface area (Å²) in [6.45, 7) is 2.36. The van der Waals surface area contributed by atoms with Crippen molar-refractivity contribution in [3.63, 3.8) is 0 Å². The van der Waals surface area contributed by atoms with Gasteiger partial charge in [0.1, 0.15) is 4.21 Å². The summed E-state index contributed by atoms with van der Waals surface area (Å²) < 4.78 is 27.3. The number of nitrogens with zero attached hydrogens (tertiary/aromatic N) is 2. The lowest BCUT2D eigenvalue weighted by Gasteiger charge is -2.25. The highest BCUT2D eigenvalue weighted by molar-refractivity contribution is 7.91. The zero-order chi connectivity index (χ0) is 18.4. The molecule has 0 aromatic carbocycles. The van der Waals surface area contributed by atoms with Gasteiger partial charge in [-0.3, -0.25) is 0 Å². The molecule has 1 aliphatic rings. The first-order valence-corrected chi connectivity index (χ1v) is 11.8. The van der Waals surface area contributed by atoms with E-state index in [4.69, 9.17) is 5.73 Å². The number of nitrogens with one attached hydrogen (secondary N) is 1. The molecule has 1 saturated heterocycles. The maximum Gasteiger partial charge on any atom is 0.252 e. The van der Waals surface area contributed by atoms with E-state index in [1.165, 1.54) is 16.2 Å². The van der Waals surface area contributed by atoms with Gasteiger partial charge in [-0.25, -0.2) is 13.4 Å². The first kappa shape index (κ1) is 19.3. The third-order valence-electron chi connectivity index (χ3n) is 4.21. The van der Waals surface area contributed by atoms with Gasteiger partial charge in [0.25, 0.3) is 10.0 Å². The minimum absolute atomic E-state index is 0.385. The van der Waals surface area contributed by atoms with E-state index in [0.717, 1.165) is 37.1 Å². The standard InChI is InChI=1S/C17H24N4O2S3/c18-17(19-9-8-14-5-4-12-24-14)20-13-15-6-7-16(25-15)26(22,23)21-10-2-1-3-11-21/h4-7,12H,1-3,8-11,13H2,(H3,18,19,20). The van der Waals surface area contributed by atoms with E-state index in [-0.39, 0.29) is 0 Å². The number of rotatable bonds is 7. The van der Waals surface area contributed by atoms with Crippen LogP contribution in [-0.2, 0) is 23.0 Å². The van der Waals surface area contributed by atoms with Crippen molar-refractivity contribution in [2.45, 2.75) is 36.4 Å². The van der Waals surface area contributed by atoms with Crippen molar-refractivity contribution in [3.05, 3.63) is 39.4 Å². The van der Waals surface area contributed by atoms with Crippen LogP contribution in [0.15, 0.2) is 38.8 Å². The van der Waals surface area contributed by atoms with Crippen LogP contribution in [0.4, 0.5) is 0 Å². The molecule has 0 amide bonds. The van der Waals surface area contributed by atoms with Crippen LogP contribution in [0.25, 0.3) is 0 Å². The fourth-order valence-corrected chi connectivity index (χ4v) is 6.46. The zero-order valence-electron chi connectivity index (χ0n) is 14.6. The molecule has 2 aromatic heterocycles. The number of hydrogen-bond donors (Lipinski definition) is 2. The van der Waals surface area contributed by atoms with Crippen molar-refractivity contribution >= 4 is 38.7 Å². The number of sulfonamides is 1. The highest BCUT2D eigenvalue weighted by atomic mass is 32.2. The number of guanidine groups is 1. The summed E-state index contributed by atoms with van der Waals surface area (Å²) in [4.78, 5) is 6.50. The van der Waals surface area contributed by atoms with Gasteiger partial charge in [0.15, 0.2) is 5.96 Å². The second-order valence-electron chi connectivity index (χ2n) is 6.14. The molecule has 6 nitrogen and oxygen atoms in total. The number of nitrogens with two attached hydrogens (primary N) is 1. The quantitative estimate of drug-likeness (QED) is 0.540. The van der Waals surface area contributed by atoms with Gasteiger partial charge in [-0.15, -0.1) is 22.7 Å². The molecule has 0 saturated carbocycles. The van der Waals surface area contributed by atoms with E-state index in [0.29, 0.717) is 29.8 Å². The Morgan fingerprint density at radius 1 is 1.19 bits per heavy atom. The molecule has 0 bridgehead atoms. The topological polar surface area (TPSA) is 87.8 Å². The van der Waals surface area contributed by atoms with Gasteiger partial charge in [-0.1, -0.05) is 12.5 Å². The second-order valence-corrected chi connectivity index (χ2v) is 10.5. The van der Waals surface area contributed by atoms with Crippen molar-refractivity contribution in [2.24, 2.45) is 10.7 Å². The predicted octanol–water partition coefficient (Wildman–Crippen LogP) is 2.63. The molecule has 26 heavy (non-hydrogen) atoms. The van der Waals surface area contributed by atoms with Gasteiger partial charge in [0, 0.05) is 29.4 Å². The van der Waals surface area contributed by atoms with Gasteiger partial charge in [0.2, 0.25) is 0 Å². The lowest BCUT2D eigenvalue weighted by atomic mass is 10.2. The van der Waals surface area contributed by atoms with Gasteiger partial charge in [0.05, 0.1) is 6.54 Å². The van der Waals surface area contributed by atoms with Crippen molar-refractivity contribution in [1.82, 2.24) is 9.62 Å². The lowest BCUT2D eigenvalue weighted by molar-refractivity contribution is 0.347. The smallest absolute Gasteiger partial charge is 0.252 e. The molecule has 3 N–H and O–H groups in total. The molecule has 1 aliphatic heterocycles. The first-order chi connectivity index (χ1) is 12.6. The molecule has 0 radical (unpaired) electrons. The minimum Gasteiger partial charge on any atom is -0.370 e. The Morgan fingerprint density at radius 2 is 2.00 bits per heavy atom. The van der Waals surface area contributed by atoms with Crippen LogP contribution < -0.4 is 11.1 Å². The van der Waals surface area contributed by atoms with Gasteiger partial charge in [-0.05, 0) is 42.8 Å². The summed E-state index contributed by atoms with van der Waals surface area (Å²) >= 11 is 3.00. The molecule has 0 aliphatic carbocycles. The molecule has 3 rings (SSSR count). The van der Waals surface area contributed by atoms with Crippen molar-refractivity contribution in [1.29, 1.82) is 0 Å². The average molecular weight is 413 g/mol. The van der Waals surface area contributed by atoms with Crippen LogP contribution in [0.2, 0.25) is 0 Å². The van der Waals surface area contributed by atoms with Crippen LogP contribution in [0.5, 0.6) is 0 Å². The van der Waals surface area contributed by atoms with E-state index in [1.54, 1.807) is 21.7 Å². The monoisotopic (exact) mass is 412 g/mol. The third kappa shape index (κ3) is 5.06. The highest BCUT2D eigenvalue weighted by Crippen LogP contribution is 2.27. The van der Waals surface area contributed by atoms with Crippen LogP contribution in [0.3, 0.4) is 0 Å². The molecule has 1 fully saturated rings. The number of thiophene rings is 2. The zero-order valence-corrected chi connectivity index (χ0v) is 17.0. The van der Waals surface area contributed by atoms with E-state index < -0.39 is 10.0 Å². The van der Waals surface area contributed by atoms with Gasteiger partial charge >= 0.3 is 0 Å². The Kier molecular flexibility index (Phi) is 6.68. The molecule has 3 heterocycles. The van der Waals surface area contributed by atoms with E-state index in [9.17, 15) is 8.42 Å². The van der Waals surface area contributed by atoms with Crippen LogP contribution in [0, 0.1) is 0 Å². The van der Waals surface area contributed by atoms with E-state index in [1.807, 2.05) is 12.1 Å². The van der Waals surface area contributed by atoms with Crippen molar-refractivity contribution in [2.75, 3.05) is 19.6 Å². The van der Waals surface area contributed by atoms with Gasteiger partial charge in [-0.2, -0.15) is 4.31 Å². The predicted molar refractivity (Wildman–Crippen MR) is 108 cm³/mol. The summed E-state index contributed by atoms with van der Waals surface area (Å²) in [5.41, 5.74) is 5.89. The average Bonchev–Trinajstić information content (AvgIpc) is 3.33. The summed E-state index contributed by atoms with van der Waals surface area (Å²) in [5.74, 6) is 0.385. The largest absolute Gasteiger partial charge is 0.370 e. The fourth-order valence-electron chi connectivity index (χ4n) is 2.80. The highest BCUT2D eigenvalue weighted by Gasteiger charge is 2.27. The maximum atomic E-state index is 12.7. The summed E-state index contributed by atoms with van der Waals surface area (Å²) in [6, 6.07) is 7.63. The van der Waals surface area contributed by atoms with Crippen molar-refractivity contribution < 1.29 is 8.42 Å². The number of hydrogen-bond acceptors (Lipinski definition) is 5. The first-order valence-electron chi connectivity index (χ1n) is 8.71. The molecule has 0 spiro atoms. The minimum atomic E-state index is -3.36. The lowest BCUT2D eigenvalue weighted by Crippen LogP contribution is -2.35. The summed E-state index contributed by atoms with van der Waals surface area (Å²) in [5, 5.41) is 5.15. The molecule has 2 aromatic rings. The van der Waals surface area contributed by atoms with Gasteiger partial charge < -0.3 is 11.1 Å². The number of piperidine rings is 1. The molecule has 0 unspecified atom stereocenters.